The molecule has 0 bridgehead atoms. The zero-order valence-electron chi connectivity index (χ0n) is 24.7. The first-order valence-corrected chi connectivity index (χ1v) is 15.1. The van der Waals surface area contributed by atoms with Crippen LogP contribution in [0.4, 0.5) is 0 Å². The summed E-state index contributed by atoms with van der Waals surface area (Å²) in [6.07, 6.45) is 5.29. The van der Waals surface area contributed by atoms with Gasteiger partial charge in [-0.2, -0.15) is 0 Å². The molecule has 2 amide bonds. The standard InChI is InChI=1S/C32H37Cl2N3O4.Na/c1-31(2,3)23-10-13-32(14-11-23)36-27(22-16-24(33)18-25(34)17-22)30(41)37(32)28(19-4-5-19)20-6-8-21(9-7-20)29(40)35-15-12-26(38)39;/h6-9,16-19,23,28H,4-5,10-15H2,1-3H3,(H,35,40)(H,38,39);/q;+1/p-1/t23?,28-,32?;/m1./s1. The number of carbonyl (C=O) groups excluding carboxylic acids is 3. The van der Waals surface area contributed by atoms with Crippen molar-refractivity contribution in [3.05, 3.63) is 69.2 Å². The molecule has 1 spiro atoms. The molecule has 2 aromatic rings. The maximum atomic E-state index is 14.4. The molecule has 2 saturated carbocycles. The Bertz CT molecular complexity index is 1360. The number of aliphatic carboxylic acids is 1. The van der Waals surface area contributed by atoms with Gasteiger partial charge in [-0.15, -0.1) is 0 Å². The molecule has 2 fully saturated rings. The Morgan fingerprint density at radius 2 is 1.64 bits per heavy atom. The zero-order chi connectivity index (χ0) is 29.5. The number of rotatable bonds is 8. The van der Waals surface area contributed by atoms with E-state index in [2.05, 4.69) is 26.1 Å². The van der Waals surface area contributed by atoms with Crippen LogP contribution < -0.4 is 40.0 Å². The summed E-state index contributed by atoms with van der Waals surface area (Å²) in [6, 6.07) is 12.3. The van der Waals surface area contributed by atoms with Gasteiger partial charge in [0.15, 0.2) is 0 Å². The minimum atomic E-state index is -1.21. The van der Waals surface area contributed by atoms with Crippen LogP contribution in [0.15, 0.2) is 47.5 Å². The number of hydrogen-bond donors (Lipinski definition) is 1. The van der Waals surface area contributed by atoms with E-state index < -0.39 is 11.6 Å². The Morgan fingerprint density at radius 1 is 1.05 bits per heavy atom. The molecule has 0 unspecified atom stereocenters. The predicted molar refractivity (Wildman–Crippen MR) is 158 cm³/mol. The van der Waals surface area contributed by atoms with Crippen LogP contribution in [0.25, 0.3) is 0 Å². The number of nitrogens with zero attached hydrogens (tertiary/aromatic N) is 2. The summed E-state index contributed by atoms with van der Waals surface area (Å²) in [6.45, 7) is 6.83. The summed E-state index contributed by atoms with van der Waals surface area (Å²) >= 11 is 12.7. The molecule has 1 atom stereocenters. The van der Waals surface area contributed by atoms with E-state index in [9.17, 15) is 19.5 Å². The summed E-state index contributed by atoms with van der Waals surface area (Å²) in [4.78, 5) is 44.8. The first-order valence-electron chi connectivity index (χ1n) is 14.4. The number of amides is 2. The molecular weight excluding hydrogens is 584 g/mol. The summed E-state index contributed by atoms with van der Waals surface area (Å²) < 4.78 is 0. The monoisotopic (exact) mass is 619 g/mol. The number of carboxylic acids is 1. The van der Waals surface area contributed by atoms with E-state index in [1.807, 2.05) is 17.0 Å². The fraction of sp³-hybridized carbons (Fsp3) is 0.500. The molecule has 0 aromatic heterocycles. The van der Waals surface area contributed by atoms with Gasteiger partial charge in [-0.3, -0.25) is 14.6 Å². The van der Waals surface area contributed by atoms with E-state index in [0.717, 1.165) is 44.1 Å². The molecule has 10 heteroatoms. The third-order valence-corrected chi connectivity index (χ3v) is 9.25. The van der Waals surface area contributed by atoms with E-state index in [1.54, 1.807) is 30.3 Å². The normalized spacial score (nSPS) is 22.9. The summed E-state index contributed by atoms with van der Waals surface area (Å²) in [5.41, 5.74) is 1.95. The van der Waals surface area contributed by atoms with Crippen molar-refractivity contribution in [3.63, 3.8) is 0 Å². The average Bonchev–Trinajstić information content (AvgIpc) is 3.70. The van der Waals surface area contributed by atoms with Crippen LogP contribution in [0.2, 0.25) is 10.0 Å². The van der Waals surface area contributed by atoms with Crippen molar-refractivity contribution >= 4 is 46.7 Å². The number of hydrogen-bond acceptors (Lipinski definition) is 5. The minimum Gasteiger partial charge on any atom is -0.550 e. The van der Waals surface area contributed by atoms with Gasteiger partial charge in [0.1, 0.15) is 11.4 Å². The van der Waals surface area contributed by atoms with Crippen LogP contribution in [-0.4, -0.2) is 40.6 Å². The van der Waals surface area contributed by atoms with Crippen LogP contribution in [0.3, 0.4) is 0 Å². The third kappa shape index (κ3) is 7.07. The summed E-state index contributed by atoms with van der Waals surface area (Å²) in [5.74, 6) is -0.831. The first kappa shape index (κ1) is 33.0. The fourth-order valence-corrected chi connectivity index (χ4v) is 6.96. The molecule has 2 aromatic carbocycles. The summed E-state index contributed by atoms with van der Waals surface area (Å²) in [5, 5.41) is 14.2. The number of carboxylic acid groups (broad SMARTS) is 1. The molecule has 218 valence electrons. The van der Waals surface area contributed by atoms with Gasteiger partial charge < -0.3 is 20.1 Å². The second-order valence-electron chi connectivity index (χ2n) is 12.7. The van der Waals surface area contributed by atoms with E-state index in [4.69, 9.17) is 28.2 Å². The summed E-state index contributed by atoms with van der Waals surface area (Å²) in [7, 11) is 0. The van der Waals surface area contributed by atoms with Crippen molar-refractivity contribution in [3.8, 4) is 0 Å². The predicted octanol–water partition coefficient (Wildman–Crippen LogP) is 2.58. The minimum absolute atomic E-state index is 0. The molecule has 0 radical (unpaired) electrons. The Kier molecular flexibility index (Phi) is 10.2. The SMILES string of the molecule is CC(C)(C)C1CCC2(CC1)N=C(c1cc(Cl)cc(Cl)c1)C(=O)N2[C@@H](c1ccc(C(=O)NCCC(=O)[O-])cc1)C1CC1.[Na+]. The number of halogens is 2. The average molecular weight is 621 g/mol. The Hall–Kier alpha value is -1.90. The molecule has 42 heavy (non-hydrogen) atoms. The van der Waals surface area contributed by atoms with Crippen molar-refractivity contribution < 1.29 is 49.0 Å². The maximum absolute atomic E-state index is 14.4. The molecule has 3 aliphatic rings. The van der Waals surface area contributed by atoms with E-state index in [-0.39, 0.29) is 65.8 Å². The van der Waals surface area contributed by atoms with Gasteiger partial charge in [-0.1, -0.05) is 56.1 Å². The van der Waals surface area contributed by atoms with Gasteiger partial charge in [-0.05, 0) is 91.7 Å². The molecule has 1 heterocycles. The molecule has 1 aliphatic heterocycles. The van der Waals surface area contributed by atoms with Crippen molar-refractivity contribution in [1.82, 2.24) is 10.2 Å². The molecule has 1 N–H and O–H groups in total. The Morgan fingerprint density at radius 3 is 2.17 bits per heavy atom. The fourth-order valence-electron chi connectivity index (χ4n) is 6.43. The van der Waals surface area contributed by atoms with Gasteiger partial charge in [0.05, 0.1) is 6.04 Å². The quantitative estimate of drug-likeness (QED) is 0.459. The number of benzene rings is 2. The van der Waals surface area contributed by atoms with Gasteiger partial charge in [-0.25, -0.2) is 0 Å². The van der Waals surface area contributed by atoms with E-state index in [0.29, 0.717) is 38.7 Å². The topological polar surface area (TPSA) is 102 Å². The van der Waals surface area contributed by atoms with Gasteiger partial charge in [0.2, 0.25) is 0 Å². The molecule has 5 rings (SSSR count). The first-order chi connectivity index (χ1) is 19.4. The van der Waals surface area contributed by atoms with Crippen LogP contribution in [0.5, 0.6) is 0 Å². The van der Waals surface area contributed by atoms with Gasteiger partial charge in [0.25, 0.3) is 11.8 Å². The van der Waals surface area contributed by atoms with Crippen LogP contribution in [-0.2, 0) is 9.59 Å². The molecule has 2 aliphatic carbocycles. The van der Waals surface area contributed by atoms with Gasteiger partial charge >= 0.3 is 29.6 Å². The second kappa shape index (κ2) is 13.0. The Balaban J connectivity index is 0.00000405. The number of aliphatic imine (C=N–C) groups is 1. The van der Waals surface area contributed by atoms with Crippen LogP contribution >= 0.6 is 23.2 Å². The molecule has 7 nitrogen and oxygen atoms in total. The van der Waals surface area contributed by atoms with E-state index in [1.165, 1.54) is 0 Å². The maximum Gasteiger partial charge on any atom is 1.00 e. The number of nitrogens with one attached hydrogen (secondary N) is 1. The van der Waals surface area contributed by atoms with Gasteiger partial charge in [0, 0.05) is 40.1 Å². The smallest absolute Gasteiger partial charge is 0.550 e. The van der Waals surface area contributed by atoms with Crippen molar-refractivity contribution in [1.29, 1.82) is 0 Å². The van der Waals surface area contributed by atoms with Crippen molar-refractivity contribution in [2.75, 3.05) is 6.54 Å². The largest absolute Gasteiger partial charge is 1.00 e. The van der Waals surface area contributed by atoms with Crippen LogP contribution in [0.1, 0.15) is 93.2 Å². The van der Waals surface area contributed by atoms with Crippen molar-refractivity contribution in [2.45, 2.75) is 77.4 Å². The number of carbonyl (C=O) groups is 3. The molecule has 0 saturated heterocycles. The second-order valence-corrected chi connectivity index (χ2v) is 13.6. The van der Waals surface area contributed by atoms with Crippen LogP contribution in [0, 0.1) is 17.3 Å². The zero-order valence-corrected chi connectivity index (χ0v) is 28.2. The molecular formula is C32H36Cl2N3NaO4. The van der Waals surface area contributed by atoms with E-state index >= 15 is 0 Å². The third-order valence-electron chi connectivity index (χ3n) is 8.81. The van der Waals surface area contributed by atoms with Crippen molar-refractivity contribution in [2.24, 2.45) is 22.2 Å². The Labute approximate surface area is 279 Å².